The maximum absolute atomic E-state index is 11.3. The molecule has 1 atom stereocenters. The van der Waals surface area contributed by atoms with Gasteiger partial charge >= 0.3 is 0 Å². The second-order valence-electron chi connectivity index (χ2n) is 4.50. The van der Waals surface area contributed by atoms with E-state index in [1.165, 1.54) is 5.56 Å². The summed E-state index contributed by atoms with van der Waals surface area (Å²) in [5.74, 6) is 0. The molecule has 1 aromatic heterocycles. The topological polar surface area (TPSA) is 54.1 Å². The predicted molar refractivity (Wildman–Crippen MR) is 67.2 cm³/mol. The van der Waals surface area contributed by atoms with Crippen molar-refractivity contribution in [2.24, 2.45) is 0 Å². The lowest BCUT2D eigenvalue weighted by atomic mass is 9.91. The van der Waals surface area contributed by atoms with Gasteiger partial charge in [-0.2, -0.15) is 0 Å². The zero-order valence-corrected chi connectivity index (χ0v) is 10.3. The number of H-pyrrole nitrogens is 1. The van der Waals surface area contributed by atoms with Crippen LogP contribution in [0, 0.1) is 0 Å². The quantitative estimate of drug-likeness (QED) is 0.759. The molecule has 1 heterocycles. The minimum absolute atomic E-state index is 0.00350. The van der Waals surface area contributed by atoms with Crippen LogP contribution in [0.5, 0.6) is 0 Å². The SMILES string of the molecule is COCCCNC1CCCc2[nH]c(=O)ccc21. The molecule has 0 saturated carbocycles. The van der Waals surface area contributed by atoms with E-state index in [-0.39, 0.29) is 5.56 Å². The Morgan fingerprint density at radius 2 is 2.41 bits per heavy atom. The highest BCUT2D eigenvalue weighted by Crippen LogP contribution is 2.27. The molecule has 2 N–H and O–H groups in total. The zero-order valence-electron chi connectivity index (χ0n) is 10.3. The second kappa shape index (κ2) is 5.98. The summed E-state index contributed by atoms with van der Waals surface area (Å²) < 4.78 is 5.03. The number of hydrogen-bond donors (Lipinski definition) is 2. The fraction of sp³-hybridized carbons (Fsp3) is 0.615. The molecule has 4 nitrogen and oxygen atoms in total. The van der Waals surface area contributed by atoms with Crippen LogP contribution in [0.25, 0.3) is 0 Å². The van der Waals surface area contributed by atoms with E-state index in [1.54, 1.807) is 13.2 Å². The van der Waals surface area contributed by atoms with Crippen molar-refractivity contribution in [2.45, 2.75) is 31.7 Å². The number of aromatic nitrogens is 1. The van der Waals surface area contributed by atoms with Gasteiger partial charge in [-0.1, -0.05) is 6.07 Å². The number of methoxy groups -OCH3 is 1. The predicted octanol–water partition coefficient (Wildman–Crippen LogP) is 1.38. The van der Waals surface area contributed by atoms with Gasteiger partial charge in [0.25, 0.3) is 0 Å². The van der Waals surface area contributed by atoms with Crippen LogP contribution >= 0.6 is 0 Å². The fourth-order valence-electron chi connectivity index (χ4n) is 2.41. The van der Waals surface area contributed by atoms with Crippen molar-refractivity contribution < 1.29 is 4.74 Å². The Bertz CT molecular complexity index is 414. The van der Waals surface area contributed by atoms with Crippen LogP contribution in [0.15, 0.2) is 16.9 Å². The van der Waals surface area contributed by atoms with E-state index in [0.29, 0.717) is 6.04 Å². The lowest BCUT2D eigenvalue weighted by molar-refractivity contribution is 0.192. The fourth-order valence-corrected chi connectivity index (χ4v) is 2.41. The van der Waals surface area contributed by atoms with Gasteiger partial charge in [-0.15, -0.1) is 0 Å². The number of pyridine rings is 1. The standard InChI is InChI=1S/C13H20N2O2/c1-17-9-3-8-14-11-4-2-5-12-10(11)6-7-13(16)15-12/h6-7,11,14H,2-5,8-9H2,1H3,(H,15,16). The number of aromatic amines is 1. The van der Waals surface area contributed by atoms with E-state index in [9.17, 15) is 4.79 Å². The summed E-state index contributed by atoms with van der Waals surface area (Å²) in [4.78, 5) is 14.2. The van der Waals surface area contributed by atoms with Gasteiger partial charge in [0, 0.05) is 31.5 Å². The Balaban J connectivity index is 1.99. The summed E-state index contributed by atoms with van der Waals surface area (Å²) >= 11 is 0. The molecule has 4 heteroatoms. The van der Waals surface area contributed by atoms with Gasteiger partial charge in [-0.05, 0) is 37.8 Å². The van der Waals surface area contributed by atoms with Crippen molar-refractivity contribution >= 4 is 0 Å². The molecule has 94 valence electrons. The Morgan fingerprint density at radius 3 is 3.24 bits per heavy atom. The van der Waals surface area contributed by atoms with E-state index in [0.717, 1.165) is 44.5 Å². The lowest BCUT2D eigenvalue weighted by Gasteiger charge is -2.26. The molecule has 0 bridgehead atoms. The first-order chi connectivity index (χ1) is 8.31. The minimum Gasteiger partial charge on any atom is -0.385 e. The molecule has 1 aliphatic carbocycles. The van der Waals surface area contributed by atoms with Crippen molar-refractivity contribution in [1.82, 2.24) is 10.3 Å². The maximum Gasteiger partial charge on any atom is 0.248 e. The molecule has 1 aliphatic rings. The first kappa shape index (κ1) is 12.3. The van der Waals surface area contributed by atoms with Crippen molar-refractivity contribution in [2.75, 3.05) is 20.3 Å². The number of nitrogens with one attached hydrogen (secondary N) is 2. The molecule has 0 spiro atoms. The summed E-state index contributed by atoms with van der Waals surface area (Å²) in [6.07, 6.45) is 4.29. The Kier molecular flexibility index (Phi) is 4.34. The highest BCUT2D eigenvalue weighted by Gasteiger charge is 2.19. The van der Waals surface area contributed by atoms with Gasteiger partial charge < -0.3 is 15.0 Å². The average Bonchev–Trinajstić information content (AvgIpc) is 2.34. The largest absolute Gasteiger partial charge is 0.385 e. The first-order valence-corrected chi connectivity index (χ1v) is 6.25. The van der Waals surface area contributed by atoms with Crippen LogP contribution < -0.4 is 10.9 Å². The molecule has 0 radical (unpaired) electrons. The highest BCUT2D eigenvalue weighted by atomic mass is 16.5. The summed E-state index contributed by atoms with van der Waals surface area (Å²) in [5.41, 5.74) is 2.37. The van der Waals surface area contributed by atoms with Crippen LogP contribution in [0.2, 0.25) is 0 Å². The number of fused-ring (bicyclic) bond motifs is 1. The van der Waals surface area contributed by atoms with Gasteiger partial charge in [0.05, 0.1) is 0 Å². The monoisotopic (exact) mass is 236 g/mol. The van der Waals surface area contributed by atoms with Crippen LogP contribution in [-0.4, -0.2) is 25.2 Å². The number of rotatable bonds is 5. The molecule has 0 aliphatic heterocycles. The van der Waals surface area contributed by atoms with E-state index in [1.807, 2.05) is 6.07 Å². The zero-order chi connectivity index (χ0) is 12.1. The number of hydrogen-bond acceptors (Lipinski definition) is 3. The molecule has 0 aromatic carbocycles. The average molecular weight is 236 g/mol. The highest BCUT2D eigenvalue weighted by molar-refractivity contribution is 5.26. The summed E-state index contributed by atoms with van der Waals surface area (Å²) in [5, 5.41) is 3.53. The molecule has 0 fully saturated rings. The second-order valence-corrected chi connectivity index (χ2v) is 4.50. The number of ether oxygens (including phenoxy) is 1. The third-order valence-corrected chi connectivity index (χ3v) is 3.25. The molecular weight excluding hydrogens is 216 g/mol. The van der Waals surface area contributed by atoms with E-state index >= 15 is 0 Å². The molecule has 1 unspecified atom stereocenters. The maximum atomic E-state index is 11.3. The van der Waals surface area contributed by atoms with Gasteiger partial charge in [0.15, 0.2) is 0 Å². The summed E-state index contributed by atoms with van der Waals surface area (Å²) in [7, 11) is 1.72. The minimum atomic E-state index is 0.00350. The van der Waals surface area contributed by atoms with Crippen molar-refractivity contribution in [3.63, 3.8) is 0 Å². The van der Waals surface area contributed by atoms with Gasteiger partial charge in [0.2, 0.25) is 5.56 Å². The Hall–Kier alpha value is -1.13. The first-order valence-electron chi connectivity index (χ1n) is 6.25. The van der Waals surface area contributed by atoms with Gasteiger partial charge in [-0.3, -0.25) is 4.79 Å². The van der Waals surface area contributed by atoms with Crippen LogP contribution in [-0.2, 0) is 11.2 Å². The Morgan fingerprint density at radius 1 is 1.53 bits per heavy atom. The lowest BCUT2D eigenvalue weighted by Crippen LogP contribution is -2.28. The summed E-state index contributed by atoms with van der Waals surface area (Å²) in [6, 6.07) is 3.96. The summed E-state index contributed by atoms with van der Waals surface area (Å²) in [6.45, 7) is 1.75. The van der Waals surface area contributed by atoms with E-state index in [4.69, 9.17) is 4.74 Å². The van der Waals surface area contributed by atoms with E-state index < -0.39 is 0 Å². The van der Waals surface area contributed by atoms with Gasteiger partial charge in [0.1, 0.15) is 0 Å². The van der Waals surface area contributed by atoms with E-state index in [2.05, 4.69) is 10.3 Å². The number of aryl methyl sites for hydroxylation is 1. The van der Waals surface area contributed by atoms with Gasteiger partial charge in [-0.25, -0.2) is 0 Å². The van der Waals surface area contributed by atoms with Crippen molar-refractivity contribution in [3.8, 4) is 0 Å². The van der Waals surface area contributed by atoms with Crippen LogP contribution in [0.1, 0.15) is 36.6 Å². The molecule has 0 saturated heterocycles. The molecule has 0 amide bonds. The molecular formula is C13H20N2O2. The third-order valence-electron chi connectivity index (χ3n) is 3.25. The molecule has 1 aromatic rings. The van der Waals surface area contributed by atoms with Crippen molar-refractivity contribution in [3.05, 3.63) is 33.7 Å². The van der Waals surface area contributed by atoms with Crippen LogP contribution in [0.3, 0.4) is 0 Å². The molecule has 17 heavy (non-hydrogen) atoms. The smallest absolute Gasteiger partial charge is 0.248 e. The Labute approximate surface area is 101 Å². The van der Waals surface area contributed by atoms with Crippen molar-refractivity contribution in [1.29, 1.82) is 0 Å². The molecule has 2 rings (SSSR count). The normalized spacial score (nSPS) is 19.0. The third kappa shape index (κ3) is 3.17. The van der Waals surface area contributed by atoms with Crippen LogP contribution in [0.4, 0.5) is 0 Å².